The number of amides is 3. The summed E-state index contributed by atoms with van der Waals surface area (Å²) in [7, 11) is 0. The molecule has 2 rings (SSSR count). The van der Waals surface area contributed by atoms with Gasteiger partial charge in [0.25, 0.3) is 0 Å². The standard InChI is InChI=1S/C16H14F3N3O2/c1-9-2-4-10(5-3-9)21-16(24)20-8-13(23)22-12-7-6-11(17)14(18)15(12)19/h2-7H,8H2,1H3,(H,22,23)(H2,20,21,24). The van der Waals surface area contributed by atoms with Crippen molar-refractivity contribution < 1.29 is 22.8 Å². The highest BCUT2D eigenvalue weighted by molar-refractivity contribution is 5.97. The number of nitrogens with one attached hydrogen (secondary N) is 3. The third-order valence-electron chi connectivity index (χ3n) is 3.03. The molecule has 0 atom stereocenters. The molecule has 3 N–H and O–H groups in total. The predicted octanol–water partition coefficient (Wildman–Crippen LogP) is 3.17. The van der Waals surface area contributed by atoms with Gasteiger partial charge in [-0.25, -0.2) is 18.0 Å². The van der Waals surface area contributed by atoms with Crippen molar-refractivity contribution in [1.82, 2.24) is 5.32 Å². The smallest absolute Gasteiger partial charge is 0.319 e. The lowest BCUT2D eigenvalue weighted by molar-refractivity contribution is -0.115. The van der Waals surface area contributed by atoms with Crippen LogP contribution in [0.5, 0.6) is 0 Å². The van der Waals surface area contributed by atoms with Crippen LogP contribution in [-0.2, 0) is 4.79 Å². The molecule has 24 heavy (non-hydrogen) atoms. The Labute approximate surface area is 135 Å². The molecule has 2 aromatic rings. The van der Waals surface area contributed by atoms with E-state index in [1.807, 2.05) is 12.2 Å². The first-order chi connectivity index (χ1) is 11.4. The molecule has 0 unspecified atom stereocenters. The highest BCUT2D eigenvalue weighted by atomic mass is 19.2. The number of benzene rings is 2. The van der Waals surface area contributed by atoms with E-state index in [4.69, 9.17) is 0 Å². The monoisotopic (exact) mass is 337 g/mol. The van der Waals surface area contributed by atoms with Gasteiger partial charge in [0, 0.05) is 5.69 Å². The summed E-state index contributed by atoms with van der Waals surface area (Å²) in [5.41, 5.74) is 1.04. The van der Waals surface area contributed by atoms with Crippen LogP contribution in [0.1, 0.15) is 5.56 Å². The average Bonchev–Trinajstić information content (AvgIpc) is 2.56. The van der Waals surface area contributed by atoms with E-state index in [1.165, 1.54) is 0 Å². The Hall–Kier alpha value is -3.03. The van der Waals surface area contributed by atoms with Crippen LogP contribution in [0.15, 0.2) is 36.4 Å². The van der Waals surface area contributed by atoms with Gasteiger partial charge in [-0.15, -0.1) is 0 Å². The fourth-order valence-electron chi connectivity index (χ4n) is 1.79. The van der Waals surface area contributed by atoms with Crippen molar-refractivity contribution >= 4 is 23.3 Å². The van der Waals surface area contributed by atoms with Crippen molar-refractivity contribution in [2.75, 3.05) is 17.2 Å². The Morgan fingerprint density at radius 2 is 1.58 bits per heavy atom. The number of rotatable bonds is 4. The summed E-state index contributed by atoms with van der Waals surface area (Å²) in [5, 5.41) is 6.80. The molecular formula is C16H14F3N3O2. The molecule has 0 saturated heterocycles. The maximum Gasteiger partial charge on any atom is 0.319 e. The molecule has 0 aromatic heterocycles. The number of hydrogen-bond donors (Lipinski definition) is 3. The second-order valence-corrected chi connectivity index (χ2v) is 4.94. The van der Waals surface area contributed by atoms with Crippen molar-refractivity contribution in [2.45, 2.75) is 6.92 Å². The lowest BCUT2D eigenvalue weighted by atomic mass is 10.2. The SMILES string of the molecule is Cc1ccc(NC(=O)NCC(=O)Nc2ccc(F)c(F)c2F)cc1. The summed E-state index contributed by atoms with van der Waals surface area (Å²) in [6, 6.07) is 7.91. The van der Waals surface area contributed by atoms with E-state index < -0.39 is 41.6 Å². The highest BCUT2D eigenvalue weighted by Gasteiger charge is 2.15. The molecule has 0 aliphatic carbocycles. The number of carbonyl (C=O) groups excluding carboxylic acids is 2. The predicted molar refractivity (Wildman–Crippen MR) is 83.1 cm³/mol. The van der Waals surface area contributed by atoms with Gasteiger partial charge in [-0.3, -0.25) is 4.79 Å². The lowest BCUT2D eigenvalue weighted by Gasteiger charge is -2.09. The number of carbonyl (C=O) groups is 2. The number of urea groups is 1. The van der Waals surface area contributed by atoms with Crippen LogP contribution in [0.4, 0.5) is 29.3 Å². The molecule has 0 aliphatic heterocycles. The van der Waals surface area contributed by atoms with E-state index in [0.29, 0.717) is 11.8 Å². The molecule has 2 aromatic carbocycles. The summed E-state index contributed by atoms with van der Waals surface area (Å²) in [6.07, 6.45) is 0. The molecular weight excluding hydrogens is 323 g/mol. The largest absolute Gasteiger partial charge is 0.329 e. The van der Waals surface area contributed by atoms with Gasteiger partial charge in [0.2, 0.25) is 5.91 Å². The maximum atomic E-state index is 13.4. The van der Waals surface area contributed by atoms with Crippen LogP contribution < -0.4 is 16.0 Å². The maximum absolute atomic E-state index is 13.4. The number of anilines is 2. The lowest BCUT2D eigenvalue weighted by Crippen LogP contribution is -2.35. The van der Waals surface area contributed by atoms with E-state index in [2.05, 4.69) is 10.6 Å². The molecule has 8 heteroatoms. The summed E-state index contributed by atoms with van der Waals surface area (Å²) in [5.74, 6) is -5.34. The van der Waals surface area contributed by atoms with Crippen molar-refractivity contribution in [2.24, 2.45) is 0 Å². The van der Waals surface area contributed by atoms with Crippen LogP contribution >= 0.6 is 0 Å². The average molecular weight is 337 g/mol. The Kier molecular flexibility index (Phi) is 5.41. The zero-order valence-corrected chi connectivity index (χ0v) is 12.6. The normalized spacial score (nSPS) is 10.2. The number of halogens is 3. The van der Waals surface area contributed by atoms with Gasteiger partial charge in [-0.05, 0) is 31.2 Å². The number of hydrogen-bond acceptors (Lipinski definition) is 2. The number of aryl methyl sites for hydroxylation is 1. The molecule has 0 bridgehead atoms. The first-order valence-corrected chi connectivity index (χ1v) is 6.91. The van der Waals surface area contributed by atoms with Gasteiger partial charge in [0.1, 0.15) is 0 Å². The summed E-state index contributed by atoms with van der Waals surface area (Å²) >= 11 is 0. The third kappa shape index (κ3) is 4.48. The van der Waals surface area contributed by atoms with Crippen LogP contribution in [0.2, 0.25) is 0 Å². The first kappa shape index (κ1) is 17.3. The van der Waals surface area contributed by atoms with Crippen molar-refractivity contribution in [3.8, 4) is 0 Å². The van der Waals surface area contributed by atoms with E-state index in [-0.39, 0.29) is 0 Å². The Morgan fingerprint density at radius 1 is 0.917 bits per heavy atom. The van der Waals surface area contributed by atoms with Crippen molar-refractivity contribution in [3.05, 3.63) is 59.4 Å². The van der Waals surface area contributed by atoms with Gasteiger partial charge >= 0.3 is 6.03 Å². The summed E-state index contributed by atoms with van der Waals surface area (Å²) in [6.45, 7) is 1.42. The molecule has 0 aliphatic rings. The third-order valence-corrected chi connectivity index (χ3v) is 3.03. The van der Waals surface area contributed by atoms with E-state index in [1.54, 1.807) is 24.3 Å². The minimum Gasteiger partial charge on any atom is -0.329 e. The molecule has 0 spiro atoms. The van der Waals surface area contributed by atoms with Crippen molar-refractivity contribution in [3.63, 3.8) is 0 Å². The molecule has 5 nitrogen and oxygen atoms in total. The van der Waals surface area contributed by atoms with Crippen LogP contribution in [0.3, 0.4) is 0 Å². The molecule has 126 valence electrons. The summed E-state index contributed by atoms with van der Waals surface area (Å²) < 4.78 is 39.2. The fraction of sp³-hybridized carbons (Fsp3) is 0.125. The van der Waals surface area contributed by atoms with Gasteiger partial charge < -0.3 is 16.0 Å². The molecule has 0 saturated carbocycles. The summed E-state index contributed by atoms with van der Waals surface area (Å²) in [4.78, 5) is 23.3. The first-order valence-electron chi connectivity index (χ1n) is 6.91. The van der Waals surface area contributed by atoms with E-state index >= 15 is 0 Å². The second kappa shape index (κ2) is 7.49. The van der Waals surface area contributed by atoms with Gasteiger partial charge in [0.05, 0.1) is 12.2 Å². The van der Waals surface area contributed by atoms with Gasteiger partial charge in [-0.2, -0.15) is 0 Å². The van der Waals surface area contributed by atoms with E-state index in [0.717, 1.165) is 11.6 Å². The zero-order valence-electron chi connectivity index (χ0n) is 12.6. The Balaban J connectivity index is 1.86. The van der Waals surface area contributed by atoms with Crippen LogP contribution in [-0.4, -0.2) is 18.5 Å². The highest BCUT2D eigenvalue weighted by Crippen LogP contribution is 2.19. The minimum absolute atomic E-state index is 0.476. The Bertz CT molecular complexity index is 764. The molecule has 0 fully saturated rings. The quantitative estimate of drug-likeness (QED) is 0.750. The molecule has 0 radical (unpaired) electrons. The van der Waals surface area contributed by atoms with Gasteiger partial charge in [-0.1, -0.05) is 17.7 Å². The van der Waals surface area contributed by atoms with Gasteiger partial charge in [0.15, 0.2) is 17.5 Å². The fourth-order valence-corrected chi connectivity index (χ4v) is 1.79. The minimum atomic E-state index is -1.68. The molecule has 0 heterocycles. The van der Waals surface area contributed by atoms with Crippen LogP contribution in [0.25, 0.3) is 0 Å². The Morgan fingerprint density at radius 3 is 2.25 bits per heavy atom. The van der Waals surface area contributed by atoms with Crippen molar-refractivity contribution in [1.29, 1.82) is 0 Å². The van der Waals surface area contributed by atoms with E-state index in [9.17, 15) is 22.8 Å². The zero-order chi connectivity index (χ0) is 17.7. The molecule has 3 amide bonds. The van der Waals surface area contributed by atoms with Crippen LogP contribution in [0, 0.1) is 24.4 Å². The topological polar surface area (TPSA) is 70.2 Å². The second-order valence-electron chi connectivity index (χ2n) is 4.94.